The van der Waals surface area contributed by atoms with E-state index in [-0.39, 0.29) is 0 Å². The van der Waals surface area contributed by atoms with Crippen LogP contribution < -0.4 is 9.64 Å². The van der Waals surface area contributed by atoms with Gasteiger partial charge in [-0.15, -0.1) is 5.10 Å². The zero-order valence-electron chi connectivity index (χ0n) is 15.2. The first-order chi connectivity index (χ1) is 12.6. The first-order valence-corrected chi connectivity index (χ1v) is 8.64. The summed E-state index contributed by atoms with van der Waals surface area (Å²) in [6, 6.07) is 16.1. The first kappa shape index (κ1) is 16.3. The zero-order valence-corrected chi connectivity index (χ0v) is 15.2. The van der Waals surface area contributed by atoms with E-state index in [9.17, 15) is 0 Å². The van der Waals surface area contributed by atoms with Crippen molar-refractivity contribution in [3.8, 4) is 5.75 Å². The second kappa shape index (κ2) is 6.63. The summed E-state index contributed by atoms with van der Waals surface area (Å²) in [5, 5.41) is 5.52. The van der Waals surface area contributed by atoms with Gasteiger partial charge < -0.3 is 9.64 Å². The second-order valence-corrected chi connectivity index (χ2v) is 6.41. The maximum Gasteiger partial charge on any atom is 0.229 e. The minimum atomic E-state index is 0.559. The summed E-state index contributed by atoms with van der Waals surface area (Å²) in [7, 11) is 1.99. The summed E-state index contributed by atoms with van der Waals surface area (Å²) in [6.07, 6.45) is 0. The highest BCUT2D eigenvalue weighted by Gasteiger charge is 2.14. The van der Waals surface area contributed by atoms with Crippen LogP contribution in [-0.4, -0.2) is 39.8 Å². The average molecular weight is 347 g/mol. The lowest BCUT2D eigenvalue weighted by Gasteiger charge is -2.19. The van der Waals surface area contributed by atoms with E-state index in [1.807, 2.05) is 71.9 Å². The number of rotatable bonds is 5. The van der Waals surface area contributed by atoms with Gasteiger partial charge in [0.25, 0.3) is 0 Å². The molecule has 0 saturated carbocycles. The Kier molecular flexibility index (Phi) is 4.16. The first-order valence-electron chi connectivity index (χ1n) is 8.64. The van der Waals surface area contributed by atoms with E-state index >= 15 is 0 Å². The van der Waals surface area contributed by atoms with Gasteiger partial charge in [-0.3, -0.25) is 0 Å². The lowest BCUT2D eigenvalue weighted by atomic mass is 10.2. The summed E-state index contributed by atoms with van der Waals surface area (Å²) < 4.78 is 7.65. The third kappa shape index (κ3) is 3.06. The summed E-state index contributed by atoms with van der Waals surface area (Å²) in [5.74, 6) is 2.36. The molecule has 0 amide bonds. The van der Waals surface area contributed by atoms with Gasteiger partial charge in [0.05, 0.1) is 12.1 Å². The van der Waals surface area contributed by atoms with E-state index in [1.165, 1.54) is 5.56 Å². The highest BCUT2D eigenvalue weighted by atomic mass is 16.5. The molecular formula is C20H21N5O. The number of aryl methyl sites for hydroxylation is 2. The molecule has 6 nitrogen and oxygen atoms in total. The number of fused-ring (bicyclic) bond motifs is 3. The molecule has 0 fully saturated rings. The van der Waals surface area contributed by atoms with Crippen LogP contribution in [0.15, 0.2) is 48.5 Å². The van der Waals surface area contributed by atoms with Crippen LogP contribution in [0.2, 0.25) is 0 Å². The maximum atomic E-state index is 5.84. The van der Waals surface area contributed by atoms with Crippen LogP contribution in [-0.2, 0) is 0 Å². The molecule has 0 atom stereocenters. The summed E-state index contributed by atoms with van der Waals surface area (Å²) in [5.41, 5.74) is 2.96. The fourth-order valence-corrected chi connectivity index (χ4v) is 2.93. The van der Waals surface area contributed by atoms with Gasteiger partial charge in [0.15, 0.2) is 5.65 Å². The minimum Gasteiger partial charge on any atom is -0.492 e. The van der Waals surface area contributed by atoms with Crippen LogP contribution in [0.1, 0.15) is 11.4 Å². The van der Waals surface area contributed by atoms with Gasteiger partial charge in [0.2, 0.25) is 5.95 Å². The van der Waals surface area contributed by atoms with Gasteiger partial charge in [-0.2, -0.15) is 4.52 Å². The third-order valence-electron chi connectivity index (χ3n) is 4.33. The predicted octanol–water partition coefficient (Wildman–Crippen LogP) is 3.41. The van der Waals surface area contributed by atoms with Gasteiger partial charge in [-0.25, -0.2) is 9.97 Å². The molecule has 4 rings (SSSR count). The molecule has 0 bridgehead atoms. The van der Waals surface area contributed by atoms with E-state index in [0.717, 1.165) is 34.1 Å². The number of ether oxygens (including phenoxy) is 1. The van der Waals surface area contributed by atoms with E-state index < -0.39 is 0 Å². The normalized spacial score (nSPS) is 11.2. The average Bonchev–Trinajstić information content (AvgIpc) is 3.04. The van der Waals surface area contributed by atoms with Crippen molar-refractivity contribution in [2.45, 2.75) is 13.8 Å². The summed E-state index contributed by atoms with van der Waals surface area (Å²) in [4.78, 5) is 11.4. The molecule has 26 heavy (non-hydrogen) atoms. The highest BCUT2D eigenvalue weighted by Crippen LogP contribution is 2.22. The van der Waals surface area contributed by atoms with E-state index in [1.54, 1.807) is 0 Å². The van der Waals surface area contributed by atoms with E-state index in [2.05, 4.69) is 17.0 Å². The number of nitrogens with zero attached hydrogens (tertiary/aromatic N) is 5. The van der Waals surface area contributed by atoms with Gasteiger partial charge >= 0.3 is 0 Å². The number of hydrogen-bond donors (Lipinski definition) is 0. The Morgan fingerprint density at radius 3 is 2.58 bits per heavy atom. The molecule has 0 radical (unpaired) electrons. The van der Waals surface area contributed by atoms with Gasteiger partial charge in [-0.1, -0.05) is 29.8 Å². The molecular weight excluding hydrogens is 326 g/mol. The number of anilines is 1. The van der Waals surface area contributed by atoms with Crippen molar-refractivity contribution in [3.05, 3.63) is 59.9 Å². The summed E-state index contributed by atoms with van der Waals surface area (Å²) in [6.45, 7) is 5.21. The quantitative estimate of drug-likeness (QED) is 0.554. The number of likely N-dealkylation sites (N-methyl/N-ethyl adjacent to an activating group) is 1. The molecule has 6 heteroatoms. The monoisotopic (exact) mass is 347 g/mol. The maximum absolute atomic E-state index is 5.84. The SMILES string of the molecule is Cc1ccc(OCCN(C)c2nc3ccccc3c3nc(C)nn23)cc1. The minimum absolute atomic E-state index is 0.559. The molecule has 0 aliphatic carbocycles. The lowest BCUT2D eigenvalue weighted by Crippen LogP contribution is -2.27. The lowest BCUT2D eigenvalue weighted by molar-refractivity contribution is 0.325. The van der Waals surface area contributed by atoms with Crippen molar-refractivity contribution < 1.29 is 4.74 Å². The Bertz CT molecular complexity index is 1060. The van der Waals surface area contributed by atoms with E-state index in [4.69, 9.17) is 9.72 Å². The predicted molar refractivity (Wildman–Crippen MR) is 103 cm³/mol. The standard InChI is InChI=1S/C20H21N5O/c1-14-8-10-16(11-9-14)26-13-12-24(3)20-22-18-7-5-4-6-17(18)19-21-15(2)23-25(19)20/h4-11H,12-13H2,1-3H3. The molecule has 0 spiro atoms. The number of para-hydroxylation sites is 1. The molecule has 0 aliphatic heterocycles. The molecule has 0 N–H and O–H groups in total. The topological polar surface area (TPSA) is 55.5 Å². The van der Waals surface area contributed by atoms with Gasteiger partial charge in [-0.05, 0) is 38.1 Å². The molecule has 0 unspecified atom stereocenters. The fraction of sp³-hybridized carbons (Fsp3) is 0.250. The Hall–Kier alpha value is -3.15. The van der Waals surface area contributed by atoms with Crippen molar-refractivity contribution in [1.29, 1.82) is 0 Å². The van der Waals surface area contributed by atoms with Gasteiger partial charge in [0, 0.05) is 12.4 Å². The number of aromatic nitrogens is 4. The molecule has 2 heterocycles. The fourth-order valence-electron chi connectivity index (χ4n) is 2.93. The van der Waals surface area contributed by atoms with E-state index in [0.29, 0.717) is 13.2 Å². The van der Waals surface area contributed by atoms with Crippen molar-refractivity contribution in [2.24, 2.45) is 0 Å². The van der Waals surface area contributed by atoms with Gasteiger partial charge in [0.1, 0.15) is 18.2 Å². The molecule has 0 saturated heterocycles. The van der Waals surface area contributed by atoms with Crippen LogP contribution in [0.5, 0.6) is 5.75 Å². The largest absolute Gasteiger partial charge is 0.492 e. The Balaban J connectivity index is 1.59. The summed E-state index contributed by atoms with van der Waals surface area (Å²) >= 11 is 0. The smallest absolute Gasteiger partial charge is 0.229 e. The number of hydrogen-bond acceptors (Lipinski definition) is 5. The molecule has 132 valence electrons. The van der Waals surface area contributed by atoms with Crippen molar-refractivity contribution in [2.75, 3.05) is 25.1 Å². The van der Waals surface area contributed by atoms with Crippen LogP contribution in [0.4, 0.5) is 5.95 Å². The van der Waals surface area contributed by atoms with Crippen molar-refractivity contribution >= 4 is 22.5 Å². The highest BCUT2D eigenvalue weighted by molar-refractivity contribution is 5.92. The van der Waals surface area contributed by atoms with Crippen molar-refractivity contribution in [3.63, 3.8) is 0 Å². The van der Waals surface area contributed by atoms with Crippen LogP contribution in [0.3, 0.4) is 0 Å². The van der Waals surface area contributed by atoms with Crippen molar-refractivity contribution in [1.82, 2.24) is 19.6 Å². The number of benzene rings is 2. The second-order valence-electron chi connectivity index (χ2n) is 6.41. The molecule has 2 aromatic heterocycles. The third-order valence-corrected chi connectivity index (χ3v) is 4.33. The molecule has 2 aromatic carbocycles. The van der Waals surface area contributed by atoms with Crippen LogP contribution in [0.25, 0.3) is 16.6 Å². The molecule has 4 aromatic rings. The van der Waals surface area contributed by atoms with Crippen LogP contribution in [0, 0.1) is 13.8 Å². The zero-order chi connectivity index (χ0) is 18.1. The Morgan fingerprint density at radius 1 is 1.00 bits per heavy atom. The molecule has 0 aliphatic rings. The Morgan fingerprint density at radius 2 is 1.77 bits per heavy atom. The van der Waals surface area contributed by atoms with Crippen LogP contribution >= 0.6 is 0 Å². The Labute approximate surface area is 152 Å².